The highest BCUT2D eigenvalue weighted by Gasteiger charge is 2.15. The number of esters is 1. The molecule has 0 radical (unpaired) electrons. The molecule has 1 aromatic rings. The fraction of sp³-hybridized carbons (Fsp3) is 0.462. The van der Waals surface area contributed by atoms with Crippen molar-refractivity contribution in [1.29, 1.82) is 0 Å². The second-order valence-corrected chi connectivity index (χ2v) is 4.63. The number of carbonyl (C=O) groups excluding carboxylic acids is 1. The van der Waals surface area contributed by atoms with Crippen molar-refractivity contribution in [1.82, 2.24) is 0 Å². The van der Waals surface area contributed by atoms with Gasteiger partial charge in [0.2, 0.25) is 0 Å². The molecular weight excluding hydrogens is 204 g/mol. The van der Waals surface area contributed by atoms with Crippen LogP contribution in [0.3, 0.4) is 0 Å². The van der Waals surface area contributed by atoms with E-state index in [0.29, 0.717) is 12.0 Å². The Bertz CT molecular complexity index is 389. The molecule has 0 aliphatic rings. The van der Waals surface area contributed by atoms with Crippen molar-refractivity contribution >= 4 is 5.97 Å². The Labute approximate surface area is 96.1 Å². The van der Waals surface area contributed by atoms with Crippen LogP contribution in [-0.2, 0) is 11.2 Å². The number of aryl methyl sites for hydroxylation is 1. The first kappa shape index (κ1) is 12.7. The predicted molar refractivity (Wildman–Crippen MR) is 62.5 cm³/mol. The standard InChI is InChI=1S/C13H18O3/c1-9-7-10(8-13(2,3)15)5-6-11(9)12(14)16-4/h5-7,15H,8H2,1-4H3. The molecule has 0 atom stereocenters. The molecule has 0 amide bonds. The summed E-state index contributed by atoms with van der Waals surface area (Å²) in [6.45, 7) is 5.38. The molecule has 1 rings (SSSR count). The lowest BCUT2D eigenvalue weighted by atomic mass is 9.96. The number of aliphatic hydroxyl groups is 1. The minimum absolute atomic E-state index is 0.327. The van der Waals surface area contributed by atoms with Gasteiger partial charge in [0.15, 0.2) is 0 Å². The zero-order chi connectivity index (χ0) is 12.3. The van der Waals surface area contributed by atoms with E-state index in [1.807, 2.05) is 19.1 Å². The highest BCUT2D eigenvalue weighted by molar-refractivity contribution is 5.90. The number of rotatable bonds is 3. The average Bonchev–Trinajstić information content (AvgIpc) is 2.14. The van der Waals surface area contributed by atoms with Gasteiger partial charge in [0.05, 0.1) is 18.3 Å². The highest BCUT2D eigenvalue weighted by atomic mass is 16.5. The van der Waals surface area contributed by atoms with Gasteiger partial charge >= 0.3 is 5.97 Å². The van der Waals surface area contributed by atoms with Crippen molar-refractivity contribution in [3.63, 3.8) is 0 Å². The molecule has 0 saturated heterocycles. The Morgan fingerprint density at radius 3 is 2.50 bits per heavy atom. The topological polar surface area (TPSA) is 46.5 Å². The molecule has 16 heavy (non-hydrogen) atoms. The van der Waals surface area contributed by atoms with Gasteiger partial charge in [0.25, 0.3) is 0 Å². The molecule has 3 nitrogen and oxygen atoms in total. The monoisotopic (exact) mass is 222 g/mol. The summed E-state index contributed by atoms with van der Waals surface area (Å²) in [4.78, 5) is 11.4. The molecule has 3 heteroatoms. The first-order valence-electron chi connectivity index (χ1n) is 5.24. The fourth-order valence-electron chi connectivity index (χ4n) is 1.67. The summed E-state index contributed by atoms with van der Waals surface area (Å²) >= 11 is 0. The molecule has 0 unspecified atom stereocenters. The van der Waals surface area contributed by atoms with Gasteiger partial charge in [0.1, 0.15) is 0 Å². The molecule has 0 aliphatic heterocycles. The number of methoxy groups -OCH3 is 1. The zero-order valence-electron chi connectivity index (χ0n) is 10.2. The lowest BCUT2D eigenvalue weighted by Crippen LogP contribution is -2.22. The van der Waals surface area contributed by atoms with Crippen molar-refractivity contribution in [2.24, 2.45) is 0 Å². The normalized spacial score (nSPS) is 11.3. The number of benzene rings is 1. The van der Waals surface area contributed by atoms with Gasteiger partial charge in [-0.15, -0.1) is 0 Å². The van der Waals surface area contributed by atoms with Gasteiger partial charge in [-0.1, -0.05) is 12.1 Å². The van der Waals surface area contributed by atoms with E-state index < -0.39 is 5.60 Å². The number of hydrogen-bond donors (Lipinski definition) is 1. The van der Waals surface area contributed by atoms with Crippen LogP contribution in [0.1, 0.15) is 35.3 Å². The van der Waals surface area contributed by atoms with Crippen LogP contribution in [-0.4, -0.2) is 23.8 Å². The average molecular weight is 222 g/mol. The minimum atomic E-state index is -0.737. The smallest absolute Gasteiger partial charge is 0.338 e. The van der Waals surface area contributed by atoms with Crippen LogP contribution in [0.15, 0.2) is 18.2 Å². The molecule has 88 valence electrons. The number of hydrogen-bond acceptors (Lipinski definition) is 3. The van der Waals surface area contributed by atoms with Gasteiger partial charge in [-0.3, -0.25) is 0 Å². The quantitative estimate of drug-likeness (QED) is 0.797. The van der Waals surface area contributed by atoms with Gasteiger partial charge in [-0.05, 0) is 38.0 Å². The summed E-state index contributed by atoms with van der Waals surface area (Å²) in [6.07, 6.45) is 0.565. The van der Waals surface area contributed by atoms with Crippen LogP contribution in [0.2, 0.25) is 0 Å². The second-order valence-electron chi connectivity index (χ2n) is 4.63. The summed E-state index contributed by atoms with van der Waals surface area (Å²) in [5.74, 6) is -0.327. The molecule has 0 heterocycles. The van der Waals surface area contributed by atoms with Crippen LogP contribution in [0.5, 0.6) is 0 Å². The Morgan fingerprint density at radius 2 is 2.06 bits per heavy atom. The summed E-state index contributed by atoms with van der Waals surface area (Å²) < 4.78 is 4.67. The van der Waals surface area contributed by atoms with Gasteiger partial charge < -0.3 is 9.84 Å². The van der Waals surface area contributed by atoms with E-state index in [4.69, 9.17) is 0 Å². The second kappa shape index (κ2) is 4.66. The molecule has 0 aromatic heterocycles. The Hall–Kier alpha value is -1.35. The molecule has 1 aromatic carbocycles. The van der Waals surface area contributed by atoms with Crippen molar-refractivity contribution in [3.8, 4) is 0 Å². The first-order valence-corrected chi connectivity index (χ1v) is 5.24. The van der Waals surface area contributed by atoms with E-state index in [1.165, 1.54) is 7.11 Å². The van der Waals surface area contributed by atoms with E-state index in [-0.39, 0.29) is 5.97 Å². The summed E-state index contributed by atoms with van der Waals surface area (Å²) in [6, 6.07) is 5.49. The third-order valence-electron chi connectivity index (χ3n) is 2.33. The van der Waals surface area contributed by atoms with Crippen LogP contribution in [0.25, 0.3) is 0 Å². The van der Waals surface area contributed by atoms with Crippen LogP contribution >= 0.6 is 0 Å². The lowest BCUT2D eigenvalue weighted by molar-refractivity contribution is 0.0600. The number of carbonyl (C=O) groups is 1. The van der Waals surface area contributed by atoms with Crippen molar-refractivity contribution in [3.05, 3.63) is 34.9 Å². The van der Waals surface area contributed by atoms with Gasteiger partial charge in [-0.25, -0.2) is 4.79 Å². The third kappa shape index (κ3) is 3.35. The van der Waals surface area contributed by atoms with Crippen molar-refractivity contribution in [2.75, 3.05) is 7.11 Å². The first-order chi connectivity index (χ1) is 7.33. The summed E-state index contributed by atoms with van der Waals surface area (Å²) in [5.41, 5.74) is 1.72. The summed E-state index contributed by atoms with van der Waals surface area (Å²) in [7, 11) is 1.37. The van der Waals surface area contributed by atoms with Crippen LogP contribution in [0.4, 0.5) is 0 Å². The number of ether oxygens (including phenoxy) is 1. The van der Waals surface area contributed by atoms with Crippen LogP contribution in [0, 0.1) is 6.92 Å². The minimum Gasteiger partial charge on any atom is -0.465 e. The predicted octanol–water partition coefficient (Wildman–Crippen LogP) is 2.10. The Morgan fingerprint density at radius 1 is 1.44 bits per heavy atom. The molecule has 0 spiro atoms. The maximum atomic E-state index is 11.4. The van der Waals surface area contributed by atoms with E-state index in [2.05, 4.69) is 4.74 Å². The molecule has 0 saturated carbocycles. The van der Waals surface area contributed by atoms with E-state index in [9.17, 15) is 9.90 Å². The maximum absolute atomic E-state index is 11.4. The van der Waals surface area contributed by atoms with Crippen molar-refractivity contribution in [2.45, 2.75) is 32.8 Å². The molecule has 0 fully saturated rings. The molecule has 1 N–H and O–H groups in total. The third-order valence-corrected chi connectivity index (χ3v) is 2.33. The maximum Gasteiger partial charge on any atom is 0.338 e. The SMILES string of the molecule is COC(=O)c1ccc(CC(C)(C)O)cc1C. The van der Waals surface area contributed by atoms with E-state index >= 15 is 0 Å². The van der Waals surface area contributed by atoms with Gasteiger partial charge in [-0.2, -0.15) is 0 Å². The van der Waals surface area contributed by atoms with E-state index in [0.717, 1.165) is 11.1 Å². The lowest BCUT2D eigenvalue weighted by Gasteiger charge is -2.17. The Kier molecular flexibility index (Phi) is 3.70. The largest absolute Gasteiger partial charge is 0.465 e. The fourth-order valence-corrected chi connectivity index (χ4v) is 1.67. The molecular formula is C13H18O3. The molecule has 0 aliphatic carbocycles. The van der Waals surface area contributed by atoms with E-state index in [1.54, 1.807) is 19.9 Å². The molecule has 0 bridgehead atoms. The van der Waals surface area contributed by atoms with Crippen molar-refractivity contribution < 1.29 is 14.6 Å². The zero-order valence-corrected chi connectivity index (χ0v) is 10.2. The van der Waals surface area contributed by atoms with Gasteiger partial charge in [0, 0.05) is 6.42 Å². The summed E-state index contributed by atoms with van der Waals surface area (Å²) in [5, 5.41) is 9.69. The highest BCUT2D eigenvalue weighted by Crippen LogP contribution is 2.17. The Balaban J connectivity index is 2.96. The van der Waals surface area contributed by atoms with Crippen LogP contribution < -0.4 is 0 Å².